The van der Waals surface area contributed by atoms with Crippen molar-refractivity contribution < 1.29 is 4.39 Å². The van der Waals surface area contributed by atoms with Gasteiger partial charge in [0.2, 0.25) is 0 Å². The number of terminal acetylenes is 1. The molecule has 2 aromatic rings. The lowest BCUT2D eigenvalue weighted by Crippen LogP contribution is -2.34. The van der Waals surface area contributed by atoms with Gasteiger partial charge in [0.1, 0.15) is 5.82 Å². The number of hydrogen-bond acceptors (Lipinski definition) is 2. The van der Waals surface area contributed by atoms with Gasteiger partial charge in [-0.05, 0) is 78.0 Å². The molecular formula is C27H39FN2. The summed E-state index contributed by atoms with van der Waals surface area (Å²) in [5, 5.41) is 3.36. The summed E-state index contributed by atoms with van der Waals surface area (Å²) in [4.78, 5) is 0. The summed E-state index contributed by atoms with van der Waals surface area (Å²) in [6.45, 7) is 17.3. The highest BCUT2D eigenvalue weighted by atomic mass is 19.1. The number of nitrogen functional groups attached to an aromatic ring is 1. The Morgan fingerprint density at radius 3 is 1.83 bits per heavy atom. The number of fused-ring (bicyclic) bond motifs is 1. The number of hydrogen-bond donors (Lipinski definition) is 2. The van der Waals surface area contributed by atoms with E-state index in [0.29, 0.717) is 16.9 Å². The van der Waals surface area contributed by atoms with E-state index in [9.17, 15) is 4.39 Å². The topological polar surface area (TPSA) is 38.0 Å². The molecule has 2 aromatic carbocycles. The fourth-order valence-corrected chi connectivity index (χ4v) is 3.81. The number of rotatable bonds is 2. The molecule has 0 saturated carbocycles. The van der Waals surface area contributed by atoms with E-state index >= 15 is 0 Å². The molecule has 0 amide bonds. The van der Waals surface area contributed by atoms with Gasteiger partial charge in [-0.2, -0.15) is 0 Å². The molecule has 3 heteroatoms. The van der Waals surface area contributed by atoms with E-state index in [1.165, 1.54) is 30.0 Å². The molecule has 0 atom stereocenters. The molecule has 0 heterocycles. The van der Waals surface area contributed by atoms with Crippen LogP contribution in [-0.4, -0.2) is 0 Å². The van der Waals surface area contributed by atoms with Crippen LogP contribution in [0, 0.1) is 32.5 Å². The van der Waals surface area contributed by atoms with Crippen molar-refractivity contribution in [2.75, 3.05) is 11.1 Å². The average Bonchev–Trinajstić information content (AvgIpc) is 2.67. The maximum atomic E-state index is 14.0. The van der Waals surface area contributed by atoms with Gasteiger partial charge in [-0.1, -0.05) is 54.0 Å². The van der Waals surface area contributed by atoms with Crippen molar-refractivity contribution in [1.29, 1.82) is 0 Å². The smallest absolute Gasteiger partial charge is 0.128 e. The van der Waals surface area contributed by atoms with Crippen LogP contribution in [-0.2, 0) is 10.8 Å². The Bertz CT molecular complexity index is 891. The lowest BCUT2D eigenvalue weighted by atomic mass is 9.63. The Labute approximate surface area is 183 Å². The van der Waals surface area contributed by atoms with Crippen molar-refractivity contribution in [1.82, 2.24) is 0 Å². The number of nitrogens with two attached hydrogens (primary N) is 1. The molecular weight excluding hydrogens is 371 g/mol. The zero-order chi connectivity index (χ0) is 23.3. The van der Waals surface area contributed by atoms with E-state index < -0.39 is 0 Å². The van der Waals surface area contributed by atoms with E-state index in [2.05, 4.69) is 78.8 Å². The second-order valence-electron chi connectivity index (χ2n) is 9.50. The first-order valence-electron chi connectivity index (χ1n) is 10.7. The second-order valence-corrected chi connectivity index (χ2v) is 9.50. The Hall–Kier alpha value is -2.47. The Morgan fingerprint density at radius 2 is 1.33 bits per heavy atom. The average molecular weight is 411 g/mol. The SMILES string of the molecule is C#C.CCC.Cc1cc(N)c(Nc2cc3c(cc2C)C(C)(C)CCC3(C)C)cc1F. The highest BCUT2D eigenvalue weighted by molar-refractivity contribution is 5.75. The molecule has 0 aliphatic heterocycles. The molecule has 0 bridgehead atoms. The third-order valence-corrected chi connectivity index (χ3v) is 5.80. The van der Waals surface area contributed by atoms with Gasteiger partial charge in [0.05, 0.1) is 11.4 Å². The molecule has 1 aliphatic carbocycles. The Balaban J connectivity index is 0.000000826. The monoisotopic (exact) mass is 410 g/mol. The molecule has 0 unspecified atom stereocenters. The van der Waals surface area contributed by atoms with Crippen molar-refractivity contribution in [3.63, 3.8) is 0 Å². The van der Waals surface area contributed by atoms with Crippen molar-refractivity contribution >= 4 is 17.1 Å². The molecule has 0 radical (unpaired) electrons. The van der Waals surface area contributed by atoms with Crippen LogP contribution in [0.25, 0.3) is 0 Å². The van der Waals surface area contributed by atoms with Gasteiger partial charge < -0.3 is 11.1 Å². The van der Waals surface area contributed by atoms with Crippen molar-refractivity contribution in [2.45, 2.75) is 85.5 Å². The van der Waals surface area contributed by atoms with Gasteiger partial charge in [-0.3, -0.25) is 0 Å². The molecule has 3 N–H and O–H groups in total. The third-order valence-electron chi connectivity index (χ3n) is 5.80. The van der Waals surface area contributed by atoms with Crippen LogP contribution in [0.1, 0.15) is 83.1 Å². The van der Waals surface area contributed by atoms with Crippen LogP contribution in [0.3, 0.4) is 0 Å². The van der Waals surface area contributed by atoms with Crippen molar-refractivity contribution in [3.05, 3.63) is 52.3 Å². The number of benzene rings is 2. The lowest BCUT2D eigenvalue weighted by Gasteiger charge is -2.42. The molecule has 164 valence electrons. The van der Waals surface area contributed by atoms with Crippen LogP contribution in [0.2, 0.25) is 0 Å². The van der Waals surface area contributed by atoms with Crippen LogP contribution in [0.5, 0.6) is 0 Å². The maximum absolute atomic E-state index is 14.0. The fraction of sp³-hybridized carbons (Fsp3) is 0.481. The first-order chi connectivity index (χ1) is 13.9. The normalized spacial score (nSPS) is 15.6. The second kappa shape index (κ2) is 10.0. The predicted octanol–water partition coefficient (Wildman–Crippen LogP) is 7.78. The van der Waals surface area contributed by atoms with E-state index in [1.807, 2.05) is 0 Å². The number of halogens is 1. The van der Waals surface area contributed by atoms with Gasteiger partial charge in [0, 0.05) is 5.69 Å². The van der Waals surface area contributed by atoms with Crippen molar-refractivity contribution in [3.8, 4) is 12.8 Å². The van der Waals surface area contributed by atoms with Crippen LogP contribution >= 0.6 is 0 Å². The summed E-state index contributed by atoms with van der Waals surface area (Å²) < 4.78 is 14.0. The summed E-state index contributed by atoms with van der Waals surface area (Å²) >= 11 is 0. The van der Waals surface area contributed by atoms with Crippen LogP contribution in [0.15, 0.2) is 24.3 Å². The van der Waals surface area contributed by atoms with Crippen LogP contribution < -0.4 is 11.1 Å². The number of nitrogens with one attached hydrogen (secondary N) is 1. The van der Waals surface area contributed by atoms with E-state index in [1.54, 1.807) is 13.0 Å². The molecule has 30 heavy (non-hydrogen) atoms. The standard InChI is InChI=1S/C22H29FN2.C3H8.C2H2/c1-13-10-18(24)20(12-17(13)23)25-19-11-16-15(9-14(19)2)21(3,4)7-8-22(16,5)6;1-3-2;1-2/h9-12,25H,7-8,24H2,1-6H3;3H2,1-2H3;1-2H. The zero-order valence-corrected chi connectivity index (χ0v) is 20.0. The van der Waals surface area contributed by atoms with E-state index in [0.717, 1.165) is 17.7 Å². The van der Waals surface area contributed by atoms with Gasteiger partial charge in [-0.25, -0.2) is 4.39 Å². The lowest BCUT2D eigenvalue weighted by molar-refractivity contribution is 0.332. The number of anilines is 3. The van der Waals surface area contributed by atoms with Gasteiger partial charge >= 0.3 is 0 Å². The first kappa shape index (κ1) is 25.6. The zero-order valence-electron chi connectivity index (χ0n) is 20.0. The summed E-state index contributed by atoms with van der Waals surface area (Å²) in [5.41, 5.74) is 13.1. The minimum atomic E-state index is -0.242. The largest absolute Gasteiger partial charge is 0.397 e. The minimum absolute atomic E-state index is 0.138. The van der Waals surface area contributed by atoms with Gasteiger partial charge in [0.15, 0.2) is 0 Å². The summed E-state index contributed by atoms with van der Waals surface area (Å²) in [7, 11) is 0. The fourth-order valence-electron chi connectivity index (χ4n) is 3.81. The summed E-state index contributed by atoms with van der Waals surface area (Å²) in [6, 6.07) is 7.69. The minimum Gasteiger partial charge on any atom is -0.397 e. The molecule has 0 saturated heterocycles. The first-order valence-corrected chi connectivity index (χ1v) is 10.7. The molecule has 1 aliphatic rings. The molecule has 3 rings (SSSR count). The molecule has 0 fully saturated rings. The molecule has 0 spiro atoms. The van der Waals surface area contributed by atoms with Crippen LogP contribution in [0.4, 0.5) is 21.5 Å². The molecule has 2 nitrogen and oxygen atoms in total. The summed E-state index contributed by atoms with van der Waals surface area (Å²) in [5.74, 6) is -0.242. The third kappa shape index (κ3) is 5.57. The van der Waals surface area contributed by atoms with Gasteiger partial charge in [-0.15, -0.1) is 12.8 Å². The Kier molecular flexibility index (Phi) is 8.54. The highest BCUT2D eigenvalue weighted by Crippen LogP contribution is 2.47. The highest BCUT2D eigenvalue weighted by Gasteiger charge is 2.37. The Morgan fingerprint density at radius 1 is 0.867 bits per heavy atom. The number of aryl methyl sites for hydroxylation is 2. The summed E-state index contributed by atoms with van der Waals surface area (Å²) in [6.07, 6.45) is 11.6. The quantitative estimate of drug-likeness (QED) is 0.392. The van der Waals surface area contributed by atoms with E-state index in [4.69, 9.17) is 5.73 Å². The molecule has 0 aromatic heterocycles. The van der Waals surface area contributed by atoms with Gasteiger partial charge in [0.25, 0.3) is 0 Å². The maximum Gasteiger partial charge on any atom is 0.128 e. The predicted molar refractivity (Wildman–Crippen MR) is 131 cm³/mol. The van der Waals surface area contributed by atoms with E-state index in [-0.39, 0.29) is 16.6 Å². The van der Waals surface area contributed by atoms with Crippen molar-refractivity contribution in [2.24, 2.45) is 0 Å².